The molecule has 4 rings (SSSR count). The Morgan fingerprint density at radius 3 is 2.55 bits per heavy atom. The van der Waals surface area contributed by atoms with Gasteiger partial charge in [-0.05, 0) is 18.4 Å². The summed E-state index contributed by atoms with van der Waals surface area (Å²) >= 11 is 0. The monoisotopic (exact) mass is 297 g/mol. The first-order valence-electron chi connectivity index (χ1n) is 7.59. The van der Waals surface area contributed by atoms with E-state index in [4.69, 9.17) is 20.6 Å². The van der Waals surface area contributed by atoms with Gasteiger partial charge >= 0.3 is 0 Å². The maximum atomic E-state index is 9.55. The first kappa shape index (κ1) is 15.1. The van der Waals surface area contributed by atoms with Crippen molar-refractivity contribution in [2.24, 2.45) is 0 Å². The van der Waals surface area contributed by atoms with Gasteiger partial charge in [0.05, 0.1) is 24.7 Å². The number of ether oxygens (including phenoxy) is 3. The largest absolute Gasteiger partial charge is 0.326 e. The lowest BCUT2D eigenvalue weighted by molar-refractivity contribution is -0.468. The summed E-state index contributed by atoms with van der Waals surface area (Å²) < 4.78 is 17.7. The molecular weight excluding hydrogens is 278 g/mol. The van der Waals surface area contributed by atoms with Crippen LogP contribution in [0.4, 0.5) is 0 Å². The highest BCUT2D eigenvalue weighted by Gasteiger charge is 2.59. The van der Waals surface area contributed by atoms with Gasteiger partial charge in [-0.15, -0.1) is 12.3 Å². The van der Waals surface area contributed by atoms with Gasteiger partial charge in [-0.2, -0.15) is 5.26 Å². The van der Waals surface area contributed by atoms with Crippen LogP contribution in [0.3, 0.4) is 0 Å². The van der Waals surface area contributed by atoms with Crippen LogP contribution in [0.1, 0.15) is 31.2 Å². The van der Waals surface area contributed by atoms with Crippen molar-refractivity contribution in [1.29, 1.82) is 5.26 Å². The lowest BCUT2D eigenvalue weighted by Crippen LogP contribution is -2.66. The molecule has 3 saturated heterocycles. The van der Waals surface area contributed by atoms with Crippen LogP contribution < -0.4 is 0 Å². The fourth-order valence-corrected chi connectivity index (χ4v) is 3.08. The van der Waals surface area contributed by atoms with E-state index in [0.29, 0.717) is 19.6 Å². The van der Waals surface area contributed by atoms with Crippen molar-refractivity contribution < 1.29 is 14.2 Å². The van der Waals surface area contributed by atoms with Crippen molar-refractivity contribution in [3.8, 4) is 18.4 Å². The molecule has 1 aromatic rings. The van der Waals surface area contributed by atoms with E-state index in [2.05, 4.69) is 12.0 Å². The lowest BCUT2D eigenvalue weighted by Gasteiger charge is -2.54. The van der Waals surface area contributed by atoms with Crippen LogP contribution in [-0.2, 0) is 19.6 Å². The Morgan fingerprint density at radius 1 is 1.18 bits per heavy atom. The predicted octanol–water partition coefficient (Wildman–Crippen LogP) is 2.74. The van der Waals surface area contributed by atoms with E-state index >= 15 is 0 Å². The molecule has 3 aliphatic heterocycles. The minimum absolute atomic E-state index is 0.435. The highest BCUT2D eigenvalue weighted by Crippen LogP contribution is 2.46. The molecule has 3 heterocycles. The molecule has 3 aliphatic rings. The van der Waals surface area contributed by atoms with E-state index in [9.17, 15) is 5.26 Å². The van der Waals surface area contributed by atoms with Crippen LogP contribution in [0.25, 0.3) is 0 Å². The van der Waals surface area contributed by atoms with Gasteiger partial charge in [-0.1, -0.05) is 30.3 Å². The Bertz CT molecular complexity index is 591. The minimum atomic E-state index is -1.08. The second-order valence-electron chi connectivity index (χ2n) is 5.82. The normalized spacial score (nSPS) is 33.1. The Morgan fingerprint density at radius 2 is 1.91 bits per heavy atom. The van der Waals surface area contributed by atoms with Gasteiger partial charge in [0, 0.05) is 12.8 Å². The summed E-state index contributed by atoms with van der Waals surface area (Å²) in [7, 11) is 0. The summed E-state index contributed by atoms with van der Waals surface area (Å²) in [6.45, 7) is 0.870. The standard InChI is InChI=1S/C18H19NO3/c1-2-3-4-8-11-18-20-13-17(14-21-18,16(12-19)22-18)15-9-6-5-7-10-15/h1,5-7,9-10,16H,3-4,8,11,13-14H2. The van der Waals surface area contributed by atoms with Gasteiger partial charge in [0.25, 0.3) is 5.97 Å². The third-order valence-electron chi connectivity index (χ3n) is 4.42. The molecular formula is C18H19NO3. The number of benzene rings is 1. The van der Waals surface area contributed by atoms with Gasteiger partial charge < -0.3 is 14.2 Å². The number of terminal acetylenes is 1. The van der Waals surface area contributed by atoms with Crippen molar-refractivity contribution in [2.75, 3.05) is 13.2 Å². The predicted molar refractivity (Wildman–Crippen MR) is 80.5 cm³/mol. The van der Waals surface area contributed by atoms with Crippen molar-refractivity contribution in [3.63, 3.8) is 0 Å². The maximum Gasteiger partial charge on any atom is 0.284 e. The Hall–Kier alpha value is -1.85. The van der Waals surface area contributed by atoms with E-state index < -0.39 is 17.5 Å². The van der Waals surface area contributed by atoms with Crippen molar-refractivity contribution >= 4 is 0 Å². The summed E-state index contributed by atoms with van der Waals surface area (Å²) in [5.74, 6) is 1.54. The average molecular weight is 297 g/mol. The van der Waals surface area contributed by atoms with E-state index in [0.717, 1.165) is 24.8 Å². The molecule has 114 valence electrons. The Labute approximate surface area is 131 Å². The number of hydrogen-bond acceptors (Lipinski definition) is 4. The molecule has 0 N–H and O–H groups in total. The van der Waals surface area contributed by atoms with Crippen LogP contribution in [0.5, 0.6) is 0 Å². The van der Waals surface area contributed by atoms with Gasteiger partial charge in [-0.25, -0.2) is 0 Å². The van der Waals surface area contributed by atoms with Crippen molar-refractivity contribution in [2.45, 2.75) is 43.2 Å². The zero-order valence-electron chi connectivity index (χ0n) is 12.5. The Kier molecular flexibility index (Phi) is 4.18. The van der Waals surface area contributed by atoms with E-state index in [1.165, 1.54) is 0 Å². The van der Waals surface area contributed by atoms with Gasteiger partial charge in [0.15, 0.2) is 6.10 Å². The number of nitriles is 1. The zero-order chi connectivity index (χ0) is 15.5. The summed E-state index contributed by atoms with van der Waals surface area (Å²) in [5, 5.41) is 9.55. The van der Waals surface area contributed by atoms with Crippen molar-refractivity contribution in [3.05, 3.63) is 35.9 Å². The molecule has 0 amide bonds. The second kappa shape index (κ2) is 6.10. The number of fused-ring (bicyclic) bond motifs is 3. The van der Waals surface area contributed by atoms with E-state index in [1.54, 1.807) is 0 Å². The molecule has 0 radical (unpaired) electrons. The molecule has 1 atom stereocenters. The third-order valence-corrected chi connectivity index (χ3v) is 4.42. The van der Waals surface area contributed by atoms with Crippen LogP contribution in [0.15, 0.2) is 30.3 Å². The summed E-state index contributed by atoms with van der Waals surface area (Å²) in [6, 6.07) is 12.1. The molecule has 2 bridgehead atoms. The van der Waals surface area contributed by atoms with Crippen LogP contribution in [0.2, 0.25) is 0 Å². The van der Waals surface area contributed by atoms with Gasteiger partial charge in [0.2, 0.25) is 0 Å². The SMILES string of the molecule is C#CCCCCC12OCC(c3ccccc3)(CO1)C(C#N)O2. The molecule has 4 heteroatoms. The zero-order valence-corrected chi connectivity index (χ0v) is 12.5. The molecule has 22 heavy (non-hydrogen) atoms. The van der Waals surface area contributed by atoms with Crippen LogP contribution in [-0.4, -0.2) is 25.3 Å². The fraction of sp³-hybridized carbons (Fsp3) is 0.500. The molecule has 4 nitrogen and oxygen atoms in total. The highest BCUT2D eigenvalue weighted by molar-refractivity contribution is 5.32. The fourth-order valence-electron chi connectivity index (χ4n) is 3.08. The maximum absolute atomic E-state index is 9.55. The molecule has 0 saturated carbocycles. The van der Waals surface area contributed by atoms with Gasteiger partial charge in [-0.3, -0.25) is 0 Å². The molecule has 0 aliphatic carbocycles. The van der Waals surface area contributed by atoms with E-state index in [-0.39, 0.29) is 0 Å². The van der Waals surface area contributed by atoms with Crippen LogP contribution >= 0.6 is 0 Å². The molecule has 3 fully saturated rings. The molecule has 1 unspecified atom stereocenters. The number of nitrogens with zero attached hydrogens (tertiary/aromatic N) is 1. The quantitative estimate of drug-likeness (QED) is 0.619. The first-order chi connectivity index (χ1) is 10.7. The summed E-state index contributed by atoms with van der Waals surface area (Å²) in [5.41, 5.74) is 0.471. The topological polar surface area (TPSA) is 51.5 Å². The van der Waals surface area contributed by atoms with E-state index in [1.807, 2.05) is 30.3 Å². The smallest absolute Gasteiger partial charge is 0.284 e. The average Bonchev–Trinajstić information content (AvgIpc) is 2.60. The third kappa shape index (κ3) is 2.51. The number of rotatable bonds is 5. The first-order valence-corrected chi connectivity index (χ1v) is 7.59. The minimum Gasteiger partial charge on any atom is -0.326 e. The van der Waals surface area contributed by atoms with Gasteiger partial charge in [0.1, 0.15) is 0 Å². The highest BCUT2D eigenvalue weighted by atomic mass is 16.9. The molecule has 0 aromatic heterocycles. The summed E-state index contributed by atoms with van der Waals surface area (Å²) in [4.78, 5) is 0. The van der Waals surface area contributed by atoms with Crippen LogP contribution in [0, 0.1) is 23.7 Å². The summed E-state index contributed by atoms with van der Waals surface area (Å²) in [6.07, 6.45) is 7.76. The second-order valence-corrected chi connectivity index (χ2v) is 5.82. The molecule has 1 aromatic carbocycles. The Balaban J connectivity index is 1.76. The number of unbranched alkanes of at least 4 members (excludes halogenated alkanes) is 2. The lowest BCUT2D eigenvalue weighted by atomic mass is 9.75. The van der Waals surface area contributed by atoms with Crippen molar-refractivity contribution in [1.82, 2.24) is 0 Å². The molecule has 0 spiro atoms. The number of hydrogen-bond donors (Lipinski definition) is 0.